The monoisotopic (exact) mass is 302 g/mol. The van der Waals surface area contributed by atoms with Gasteiger partial charge in [-0.05, 0) is 37.2 Å². The Bertz CT molecular complexity index is 588. The molecule has 21 heavy (non-hydrogen) atoms. The summed E-state index contributed by atoms with van der Waals surface area (Å²) in [4.78, 5) is 19.1. The smallest absolute Gasteiger partial charge is 0.286 e. The summed E-state index contributed by atoms with van der Waals surface area (Å²) in [5, 5.41) is 0.796. The molecule has 0 N–H and O–H groups in total. The summed E-state index contributed by atoms with van der Waals surface area (Å²) in [6.45, 7) is 5.65. The molecule has 5 heteroatoms. The third-order valence-corrected chi connectivity index (χ3v) is 4.44. The molecule has 2 aliphatic rings. The fourth-order valence-electron chi connectivity index (χ4n) is 2.57. The summed E-state index contributed by atoms with van der Waals surface area (Å²) >= 11 is 1.46. The van der Waals surface area contributed by atoms with Gasteiger partial charge in [-0.1, -0.05) is 30.3 Å². The lowest BCUT2D eigenvalue weighted by atomic mass is 10.2. The Kier molecular flexibility index (Phi) is 4.12. The first-order chi connectivity index (χ1) is 10.1. The highest BCUT2D eigenvalue weighted by atomic mass is 32.2. The SMILES string of the molecule is CC1CN(C2=NC(=O)/C(=C/c3ccccc3)S2)CC(C)O1. The molecule has 1 fully saturated rings. The molecule has 1 aromatic carbocycles. The van der Waals surface area contributed by atoms with Gasteiger partial charge < -0.3 is 9.64 Å². The van der Waals surface area contributed by atoms with Crippen molar-refractivity contribution < 1.29 is 9.53 Å². The van der Waals surface area contributed by atoms with Gasteiger partial charge in [0, 0.05) is 13.1 Å². The number of amides is 1. The van der Waals surface area contributed by atoms with Crippen molar-refractivity contribution in [2.24, 2.45) is 4.99 Å². The second-order valence-electron chi connectivity index (χ2n) is 5.38. The fraction of sp³-hybridized carbons (Fsp3) is 0.375. The molecule has 110 valence electrons. The number of hydrogen-bond acceptors (Lipinski definition) is 4. The van der Waals surface area contributed by atoms with Crippen molar-refractivity contribution in [2.75, 3.05) is 13.1 Å². The standard InChI is InChI=1S/C16H18N2O2S/c1-11-9-18(10-12(2)20-11)16-17-15(19)14(21-16)8-13-6-4-3-5-7-13/h3-8,11-12H,9-10H2,1-2H3/b14-8-. The zero-order chi connectivity index (χ0) is 14.8. The van der Waals surface area contributed by atoms with Crippen LogP contribution in [0.1, 0.15) is 19.4 Å². The lowest BCUT2D eigenvalue weighted by Crippen LogP contribution is -2.47. The lowest BCUT2D eigenvalue weighted by molar-refractivity contribution is -0.113. The van der Waals surface area contributed by atoms with Crippen LogP contribution >= 0.6 is 11.8 Å². The summed E-state index contributed by atoms with van der Waals surface area (Å²) in [7, 11) is 0. The molecule has 0 aliphatic carbocycles. The predicted octanol–water partition coefficient (Wildman–Crippen LogP) is 2.77. The van der Waals surface area contributed by atoms with Gasteiger partial charge in [-0.3, -0.25) is 4.79 Å². The molecule has 1 amide bonds. The number of nitrogens with zero attached hydrogens (tertiary/aromatic N) is 2. The molecule has 0 spiro atoms. The average Bonchev–Trinajstić information content (AvgIpc) is 2.80. The van der Waals surface area contributed by atoms with E-state index in [2.05, 4.69) is 9.89 Å². The van der Waals surface area contributed by atoms with E-state index in [9.17, 15) is 4.79 Å². The number of aliphatic imine (C=N–C) groups is 1. The predicted molar refractivity (Wildman–Crippen MR) is 86.0 cm³/mol. The molecule has 2 unspecified atom stereocenters. The van der Waals surface area contributed by atoms with Gasteiger partial charge in [-0.25, -0.2) is 0 Å². The Hall–Kier alpha value is -1.59. The van der Waals surface area contributed by atoms with E-state index in [1.165, 1.54) is 11.8 Å². The van der Waals surface area contributed by atoms with Gasteiger partial charge >= 0.3 is 0 Å². The molecule has 2 atom stereocenters. The van der Waals surface area contributed by atoms with Crippen molar-refractivity contribution >= 4 is 28.9 Å². The highest BCUT2D eigenvalue weighted by Crippen LogP contribution is 2.31. The molecule has 0 aromatic heterocycles. The van der Waals surface area contributed by atoms with Crippen LogP contribution in [0, 0.1) is 0 Å². The van der Waals surface area contributed by atoms with Crippen LogP contribution in [0.15, 0.2) is 40.2 Å². The van der Waals surface area contributed by atoms with Gasteiger partial charge in [0.15, 0.2) is 5.17 Å². The maximum atomic E-state index is 12.1. The van der Waals surface area contributed by atoms with Crippen LogP contribution in [-0.2, 0) is 9.53 Å². The second kappa shape index (κ2) is 6.03. The third kappa shape index (κ3) is 3.36. The molecule has 4 nitrogen and oxygen atoms in total. The first kappa shape index (κ1) is 14.4. The minimum Gasteiger partial charge on any atom is -0.372 e. The van der Waals surface area contributed by atoms with Crippen LogP contribution in [0.3, 0.4) is 0 Å². The van der Waals surface area contributed by atoms with Gasteiger partial charge in [-0.15, -0.1) is 0 Å². The molecule has 0 bridgehead atoms. The van der Waals surface area contributed by atoms with Gasteiger partial charge in [-0.2, -0.15) is 4.99 Å². The van der Waals surface area contributed by atoms with Crippen LogP contribution in [0.2, 0.25) is 0 Å². The quantitative estimate of drug-likeness (QED) is 0.748. The number of morpholine rings is 1. The first-order valence-corrected chi connectivity index (χ1v) is 7.91. The van der Waals surface area contributed by atoms with Crippen LogP contribution in [0.5, 0.6) is 0 Å². The van der Waals surface area contributed by atoms with Crippen LogP contribution in [0.4, 0.5) is 0 Å². The minimum absolute atomic E-state index is 0.148. The Labute approximate surface area is 128 Å². The number of benzene rings is 1. The van der Waals surface area contributed by atoms with Crippen molar-refractivity contribution in [3.63, 3.8) is 0 Å². The van der Waals surface area contributed by atoms with Gasteiger partial charge in [0.05, 0.1) is 17.1 Å². The van der Waals surface area contributed by atoms with Crippen LogP contribution in [-0.4, -0.2) is 41.3 Å². The van der Waals surface area contributed by atoms with E-state index < -0.39 is 0 Å². The molecule has 2 aliphatic heterocycles. The minimum atomic E-state index is -0.148. The Morgan fingerprint density at radius 3 is 2.57 bits per heavy atom. The molecule has 1 saturated heterocycles. The van der Waals surface area contributed by atoms with E-state index in [-0.39, 0.29) is 18.1 Å². The van der Waals surface area contributed by atoms with E-state index in [1.807, 2.05) is 50.3 Å². The molecular weight excluding hydrogens is 284 g/mol. The van der Waals surface area contributed by atoms with Gasteiger partial charge in [0.1, 0.15) is 0 Å². The summed E-state index contributed by atoms with van der Waals surface area (Å²) in [6.07, 6.45) is 2.22. The molecular formula is C16H18N2O2S. The van der Waals surface area contributed by atoms with E-state index in [0.717, 1.165) is 23.8 Å². The molecule has 0 radical (unpaired) electrons. The molecule has 3 rings (SSSR count). The number of carbonyl (C=O) groups is 1. The Morgan fingerprint density at radius 2 is 1.90 bits per heavy atom. The normalized spacial score (nSPS) is 28.1. The van der Waals surface area contributed by atoms with E-state index in [0.29, 0.717) is 4.91 Å². The van der Waals surface area contributed by atoms with Gasteiger partial charge in [0.2, 0.25) is 0 Å². The third-order valence-electron chi connectivity index (χ3n) is 3.40. The zero-order valence-electron chi connectivity index (χ0n) is 12.2. The topological polar surface area (TPSA) is 41.9 Å². The van der Waals surface area contributed by atoms with E-state index in [4.69, 9.17) is 4.74 Å². The Morgan fingerprint density at radius 1 is 1.24 bits per heavy atom. The summed E-state index contributed by atoms with van der Waals surface area (Å²) < 4.78 is 5.72. The number of thioether (sulfide) groups is 1. The first-order valence-electron chi connectivity index (χ1n) is 7.10. The maximum absolute atomic E-state index is 12.1. The Balaban J connectivity index is 1.74. The number of ether oxygens (including phenoxy) is 1. The summed E-state index contributed by atoms with van der Waals surface area (Å²) in [5.41, 5.74) is 1.02. The zero-order valence-corrected chi connectivity index (χ0v) is 13.0. The van der Waals surface area contributed by atoms with Crippen molar-refractivity contribution in [3.05, 3.63) is 40.8 Å². The van der Waals surface area contributed by atoms with Crippen molar-refractivity contribution in [1.29, 1.82) is 0 Å². The van der Waals surface area contributed by atoms with Crippen molar-refractivity contribution in [1.82, 2.24) is 4.90 Å². The number of carbonyl (C=O) groups excluding carboxylic acids is 1. The molecule has 2 heterocycles. The maximum Gasteiger partial charge on any atom is 0.286 e. The van der Waals surface area contributed by atoms with Gasteiger partial charge in [0.25, 0.3) is 5.91 Å². The van der Waals surface area contributed by atoms with Crippen molar-refractivity contribution in [2.45, 2.75) is 26.1 Å². The largest absolute Gasteiger partial charge is 0.372 e. The molecule has 1 aromatic rings. The highest BCUT2D eigenvalue weighted by molar-refractivity contribution is 8.18. The van der Waals surface area contributed by atoms with Crippen LogP contribution in [0.25, 0.3) is 6.08 Å². The number of rotatable bonds is 1. The summed E-state index contributed by atoms with van der Waals surface area (Å²) in [5.74, 6) is -0.148. The van der Waals surface area contributed by atoms with Crippen LogP contribution < -0.4 is 0 Å². The highest BCUT2D eigenvalue weighted by Gasteiger charge is 2.30. The second-order valence-corrected chi connectivity index (χ2v) is 6.39. The molecule has 0 saturated carbocycles. The number of hydrogen-bond donors (Lipinski definition) is 0. The number of amidine groups is 1. The van der Waals surface area contributed by atoms with E-state index >= 15 is 0 Å². The lowest BCUT2D eigenvalue weighted by Gasteiger charge is -2.35. The summed E-state index contributed by atoms with van der Waals surface area (Å²) in [6, 6.07) is 9.85. The fourth-order valence-corrected chi connectivity index (χ4v) is 3.50. The van der Waals surface area contributed by atoms with E-state index in [1.54, 1.807) is 0 Å². The van der Waals surface area contributed by atoms with Crippen molar-refractivity contribution in [3.8, 4) is 0 Å². The average molecular weight is 302 g/mol.